The number of carboxylic acids is 1. The molecule has 0 aromatic carbocycles. The van der Waals surface area contributed by atoms with E-state index in [4.69, 9.17) is 9.84 Å². The van der Waals surface area contributed by atoms with Gasteiger partial charge in [-0.05, 0) is 44.9 Å². The van der Waals surface area contributed by atoms with Crippen molar-refractivity contribution in [2.24, 2.45) is 0 Å². The van der Waals surface area contributed by atoms with Gasteiger partial charge in [0.1, 0.15) is 0 Å². The summed E-state index contributed by atoms with van der Waals surface area (Å²) in [6.07, 6.45) is 19.7. The topological polar surface area (TPSA) is 46.5 Å². The molecule has 1 unspecified atom stereocenters. The van der Waals surface area contributed by atoms with Crippen LogP contribution in [0.25, 0.3) is 0 Å². The van der Waals surface area contributed by atoms with Crippen LogP contribution in [0, 0.1) is 0 Å². The minimum absolute atomic E-state index is 0.105. The van der Waals surface area contributed by atoms with E-state index in [0.717, 1.165) is 44.9 Å². The fourth-order valence-corrected chi connectivity index (χ4v) is 2.11. The van der Waals surface area contributed by atoms with Crippen molar-refractivity contribution in [2.45, 2.75) is 57.5 Å². The molecule has 0 saturated heterocycles. The molecule has 1 aliphatic rings. The molecule has 112 valence electrons. The standard InChI is InChI=1S/C17H26O3/c18-17(19)15-16-13-11-9-7-5-3-1-2-4-6-8-10-12-14-20-16/h1,3-4,6-7,9,16H,2,5,8,10-15H2,(H,18,19)/b3-1+,6-4+,9-7+. The summed E-state index contributed by atoms with van der Waals surface area (Å²) in [5.74, 6) is -0.778. The van der Waals surface area contributed by atoms with Crippen molar-refractivity contribution in [2.75, 3.05) is 6.61 Å². The summed E-state index contributed by atoms with van der Waals surface area (Å²) in [4.78, 5) is 10.8. The molecule has 0 saturated carbocycles. The fourth-order valence-electron chi connectivity index (χ4n) is 2.11. The zero-order valence-electron chi connectivity index (χ0n) is 12.2. The summed E-state index contributed by atoms with van der Waals surface area (Å²) in [6, 6.07) is 0. The number of allylic oxidation sites excluding steroid dienone is 6. The van der Waals surface area contributed by atoms with Gasteiger partial charge < -0.3 is 9.84 Å². The summed E-state index contributed by atoms with van der Waals surface area (Å²) in [7, 11) is 0. The first-order chi connectivity index (χ1) is 9.79. The van der Waals surface area contributed by atoms with Gasteiger partial charge >= 0.3 is 5.97 Å². The van der Waals surface area contributed by atoms with E-state index in [2.05, 4.69) is 36.5 Å². The van der Waals surface area contributed by atoms with E-state index in [1.807, 2.05) is 0 Å². The average molecular weight is 278 g/mol. The van der Waals surface area contributed by atoms with Gasteiger partial charge in [-0.3, -0.25) is 4.79 Å². The second kappa shape index (κ2) is 11.5. The molecule has 3 nitrogen and oxygen atoms in total. The van der Waals surface area contributed by atoms with Gasteiger partial charge in [-0.2, -0.15) is 0 Å². The molecule has 0 radical (unpaired) electrons. The van der Waals surface area contributed by atoms with Crippen molar-refractivity contribution < 1.29 is 14.6 Å². The number of carbonyl (C=O) groups is 1. The van der Waals surface area contributed by atoms with Gasteiger partial charge in [0.15, 0.2) is 0 Å². The maximum atomic E-state index is 10.8. The first-order valence-corrected chi connectivity index (χ1v) is 7.57. The first kappa shape index (κ1) is 16.7. The van der Waals surface area contributed by atoms with Crippen LogP contribution in [-0.2, 0) is 9.53 Å². The molecule has 20 heavy (non-hydrogen) atoms. The van der Waals surface area contributed by atoms with Crippen molar-refractivity contribution in [3.8, 4) is 0 Å². The van der Waals surface area contributed by atoms with Crippen LogP contribution in [0.15, 0.2) is 36.5 Å². The summed E-state index contributed by atoms with van der Waals surface area (Å²) >= 11 is 0. The molecule has 0 fully saturated rings. The van der Waals surface area contributed by atoms with Crippen molar-refractivity contribution in [3.05, 3.63) is 36.5 Å². The molecular weight excluding hydrogens is 252 g/mol. The Hall–Kier alpha value is -1.35. The lowest BCUT2D eigenvalue weighted by Gasteiger charge is -2.15. The predicted molar refractivity (Wildman–Crippen MR) is 81.7 cm³/mol. The van der Waals surface area contributed by atoms with Crippen LogP contribution in [0.5, 0.6) is 0 Å². The van der Waals surface area contributed by atoms with Gasteiger partial charge in [-0.25, -0.2) is 0 Å². The van der Waals surface area contributed by atoms with Crippen molar-refractivity contribution in [1.82, 2.24) is 0 Å². The van der Waals surface area contributed by atoms with Crippen molar-refractivity contribution in [3.63, 3.8) is 0 Å². The molecule has 0 aliphatic carbocycles. The van der Waals surface area contributed by atoms with Crippen LogP contribution in [0.3, 0.4) is 0 Å². The number of hydrogen-bond acceptors (Lipinski definition) is 2. The van der Waals surface area contributed by atoms with Crippen LogP contribution >= 0.6 is 0 Å². The van der Waals surface area contributed by atoms with Crippen molar-refractivity contribution >= 4 is 5.97 Å². The highest BCUT2D eigenvalue weighted by atomic mass is 16.5. The van der Waals surface area contributed by atoms with E-state index in [1.165, 1.54) is 0 Å². The highest BCUT2D eigenvalue weighted by Gasteiger charge is 2.12. The number of carboxylic acid groups (broad SMARTS) is 1. The molecule has 1 aliphatic heterocycles. The summed E-state index contributed by atoms with van der Waals surface area (Å²) in [5.41, 5.74) is 0. The number of aliphatic carboxylic acids is 1. The van der Waals surface area contributed by atoms with Crippen LogP contribution in [-0.4, -0.2) is 23.8 Å². The molecule has 0 bridgehead atoms. The highest BCUT2D eigenvalue weighted by molar-refractivity contribution is 5.67. The highest BCUT2D eigenvalue weighted by Crippen LogP contribution is 2.10. The Kier molecular flexibility index (Phi) is 9.58. The van der Waals surface area contributed by atoms with Gasteiger partial charge in [0.05, 0.1) is 12.5 Å². The third-order valence-electron chi connectivity index (χ3n) is 3.22. The Labute approximate surface area is 122 Å². The molecular formula is C17H26O3. The number of ether oxygens (including phenoxy) is 1. The first-order valence-electron chi connectivity index (χ1n) is 7.57. The number of hydrogen-bond donors (Lipinski definition) is 1. The van der Waals surface area contributed by atoms with E-state index < -0.39 is 5.97 Å². The molecule has 3 heteroatoms. The van der Waals surface area contributed by atoms with Gasteiger partial charge in [0.2, 0.25) is 0 Å². The van der Waals surface area contributed by atoms with Gasteiger partial charge in [-0.15, -0.1) is 0 Å². The predicted octanol–water partition coefficient (Wildman–Crippen LogP) is 4.26. The van der Waals surface area contributed by atoms with Crippen LogP contribution < -0.4 is 0 Å². The lowest BCUT2D eigenvalue weighted by molar-refractivity contribution is -0.140. The molecule has 1 atom stereocenters. The molecule has 0 aromatic rings. The average Bonchev–Trinajstić information content (AvgIpc) is 2.40. The Morgan fingerprint density at radius 3 is 2.35 bits per heavy atom. The molecule has 0 amide bonds. The molecule has 0 aromatic heterocycles. The zero-order chi connectivity index (χ0) is 14.5. The molecule has 1 heterocycles. The van der Waals surface area contributed by atoms with Crippen LogP contribution in [0.2, 0.25) is 0 Å². The van der Waals surface area contributed by atoms with Gasteiger partial charge in [0.25, 0.3) is 0 Å². The lowest BCUT2D eigenvalue weighted by atomic mass is 10.1. The number of rotatable bonds is 2. The Morgan fingerprint density at radius 1 is 1.00 bits per heavy atom. The van der Waals surface area contributed by atoms with Gasteiger partial charge in [0, 0.05) is 6.61 Å². The lowest BCUT2D eigenvalue weighted by Crippen LogP contribution is -2.18. The SMILES string of the molecule is O=C(O)CC1CC/C=C/C/C=C/C/C=C/CCCCO1. The van der Waals surface area contributed by atoms with E-state index in [1.54, 1.807) is 0 Å². The van der Waals surface area contributed by atoms with Gasteiger partial charge in [-0.1, -0.05) is 36.5 Å². The third-order valence-corrected chi connectivity index (χ3v) is 3.22. The molecule has 1 N–H and O–H groups in total. The summed E-state index contributed by atoms with van der Waals surface area (Å²) < 4.78 is 5.70. The van der Waals surface area contributed by atoms with Crippen molar-refractivity contribution in [1.29, 1.82) is 0 Å². The van der Waals surface area contributed by atoms with E-state index in [-0.39, 0.29) is 12.5 Å². The maximum Gasteiger partial charge on any atom is 0.305 e. The minimum Gasteiger partial charge on any atom is -0.481 e. The Balaban J connectivity index is 2.43. The monoisotopic (exact) mass is 278 g/mol. The summed E-state index contributed by atoms with van der Waals surface area (Å²) in [5, 5.41) is 8.89. The normalized spacial score (nSPS) is 27.5. The maximum absolute atomic E-state index is 10.8. The Bertz CT molecular complexity index is 342. The second-order valence-corrected chi connectivity index (χ2v) is 5.05. The second-order valence-electron chi connectivity index (χ2n) is 5.05. The van der Waals surface area contributed by atoms with E-state index in [0.29, 0.717) is 6.61 Å². The quantitative estimate of drug-likeness (QED) is 0.768. The third kappa shape index (κ3) is 9.56. The Morgan fingerprint density at radius 2 is 1.65 bits per heavy atom. The zero-order valence-corrected chi connectivity index (χ0v) is 12.2. The fraction of sp³-hybridized carbons (Fsp3) is 0.588. The van der Waals surface area contributed by atoms with E-state index >= 15 is 0 Å². The van der Waals surface area contributed by atoms with Crippen LogP contribution in [0.1, 0.15) is 51.4 Å². The minimum atomic E-state index is -0.778. The summed E-state index contributed by atoms with van der Waals surface area (Å²) in [6.45, 7) is 0.662. The molecule has 0 spiro atoms. The smallest absolute Gasteiger partial charge is 0.305 e. The van der Waals surface area contributed by atoms with Crippen LogP contribution in [0.4, 0.5) is 0 Å². The van der Waals surface area contributed by atoms with E-state index in [9.17, 15) is 4.79 Å². The largest absolute Gasteiger partial charge is 0.481 e. The molecule has 1 rings (SSSR count).